The van der Waals surface area contributed by atoms with Gasteiger partial charge in [0.15, 0.2) is 5.78 Å². The van der Waals surface area contributed by atoms with Gasteiger partial charge in [-0.1, -0.05) is 0 Å². The van der Waals surface area contributed by atoms with E-state index in [4.69, 9.17) is 5.73 Å². The molecular formula is C9H10N2O2. The molecule has 1 atom stereocenters. The number of rotatable bonds is 2. The Bertz CT molecular complexity index is 367. The van der Waals surface area contributed by atoms with Gasteiger partial charge in [0.25, 0.3) is 0 Å². The molecule has 2 rings (SSSR count). The number of nitrogens with two attached hydrogens (primary N) is 1. The van der Waals surface area contributed by atoms with Gasteiger partial charge in [0.2, 0.25) is 5.91 Å². The topological polar surface area (TPSA) is 65.1 Å². The van der Waals surface area contributed by atoms with Gasteiger partial charge in [-0.3, -0.25) is 9.59 Å². The van der Waals surface area contributed by atoms with Crippen molar-refractivity contribution in [2.45, 2.75) is 13.0 Å². The maximum atomic E-state index is 11.6. The number of nitrogens with zero attached hydrogens (tertiary/aromatic N) is 1. The van der Waals surface area contributed by atoms with Crippen LogP contribution in [-0.4, -0.2) is 16.3 Å². The van der Waals surface area contributed by atoms with E-state index in [1.807, 2.05) is 16.8 Å². The number of ketones is 1. The molecular weight excluding hydrogens is 168 g/mol. The number of Topliss-reactive ketones (excluding diaryl/α,β-unsaturated/α-hetero) is 1. The van der Waals surface area contributed by atoms with Crippen LogP contribution in [0.2, 0.25) is 0 Å². The summed E-state index contributed by atoms with van der Waals surface area (Å²) in [6.45, 7) is 0.587. The lowest BCUT2D eigenvalue weighted by atomic mass is 10.0. The SMILES string of the molecule is NC(=O)CC1Cn2cccc2C1=O. The second kappa shape index (κ2) is 2.73. The predicted octanol–water partition coefficient (Wildman–Crippen LogP) is 0.176. The number of carbonyl (C=O) groups excluding carboxylic acids is 2. The summed E-state index contributed by atoms with van der Waals surface area (Å²) in [6.07, 6.45) is 1.99. The van der Waals surface area contributed by atoms with Crippen LogP contribution in [0, 0.1) is 5.92 Å². The van der Waals surface area contributed by atoms with Crippen molar-refractivity contribution in [3.05, 3.63) is 24.0 Å². The zero-order valence-corrected chi connectivity index (χ0v) is 7.06. The van der Waals surface area contributed by atoms with E-state index < -0.39 is 5.91 Å². The van der Waals surface area contributed by atoms with E-state index in [0.717, 1.165) is 0 Å². The molecule has 0 saturated carbocycles. The number of carbonyl (C=O) groups is 2. The molecule has 0 radical (unpaired) electrons. The fourth-order valence-corrected chi connectivity index (χ4v) is 1.73. The molecule has 68 valence electrons. The first kappa shape index (κ1) is 8.04. The zero-order valence-electron chi connectivity index (χ0n) is 7.06. The third-order valence-electron chi connectivity index (χ3n) is 2.32. The van der Waals surface area contributed by atoms with Crippen molar-refractivity contribution in [3.63, 3.8) is 0 Å². The van der Waals surface area contributed by atoms with Crippen LogP contribution in [-0.2, 0) is 11.3 Å². The molecule has 1 aromatic heterocycles. The van der Waals surface area contributed by atoms with Gasteiger partial charge < -0.3 is 10.3 Å². The number of fused-ring (bicyclic) bond motifs is 1. The summed E-state index contributed by atoms with van der Waals surface area (Å²) in [5.41, 5.74) is 5.72. The molecule has 0 saturated heterocycles. The number of hydrogen-bond acceptors (Lipinski definition) is 2. The minimum atomic E-state index is -0.413. The van der Waals surface area contributed by atoms with Crippen molar-refractivity contribution >= 4 is 11.7 Å². The summed E-state index contributed by atoms with van der Waals surface area (Å²) in [6, 6.07) is 3.59. The van der Waals surface area contributed by atoms with Crippen LogP contribution in [0.5, 0.6) is 0 Å². The Kier molecular flexibility index (Phi) is 1.69. The Morgan fingerprint density at radius 1 is 1.69 bits per heavy atom. The Morgan fingerprint density at radius 3 is 3.08 bits per heavy atom. The smallest absolute Gasteiger partial charge is 0.218 e. The summed E-state index contributed by atoms with van der Waals surface area (Å²) < 4.78 is 1.86. The molecule has 0 spiro atoms. The average Bonchev–Trinajstić information content (AvgIpc) is 2.56. The van der Waals surface area contributed by atoms with E-state index in [0.29, 0.717) is 12.2 Å². The first-order chi connectivity index (χ1) is 6.18. The van der Waals surface area contributed by atoms with Crippen LogP contribution in [0.25, 0.3) is 0 Å². The first-order valence-electron chi connectivity index (χ1n) is 4.16. The molecule has 1 aliphatic heterocycles. The fourth-order valence-electron chi connectivity index (χ4n) is 1.73. The number of amides is 1. The van der Waals surface area contributed by atoms with E-state index in [-0.39, 0.29) is 18.1 Å². The van der Waals surface area contributed by atoms with E-state index in [2.05, 4.69) is 0 Å². The minimum absolute atomic E-state index is 0.0313. The van der Waals surface area contributed by atoms with Crippen LogP contribution in [0.15, 0.2) is 18.3 Å². The lowest BCUT2D eigenvalue weighted by Gasteiger charge is -2.02. The normalized spacial score (nSPS) is 20.3. The third-order valence-corrected chi connectivity index (χ3v) is 2.32. The van der Waals surface area contributed by atoms with Gasteiger partial charge in [0.05, 0.1) is 11.6 Å². The minimum Gasteiger partial charge on any atom is -0.370 e. The zero-order chi connectivity index (χ0) is 9.42. The molecule has 1 unspecified atom stereocenters. The third kappa shape index (κ3) is 1.24. The maximum absolute atomic E-state index is 11.6. The van der Waals surface area contributed by atoms with Crippen molar-refractivity contribution in [2.75, 3.05) is 0 Å². The molecule has 0 bridgehead atoms. The molecule has 13 heavy (non-hydrogen) atoms. The van der Waals surface area contributed by atoms with Gasteiger partial charge in [0.1, 0.15) is 0 Å². The van der Waals surface area contributed by atoms with Crippen LogP contribution >= 0.6 is 0 Å². The molecule has 1 aliphatic rings. The number of aromatic nitrogens is 1. The summed E-state index contributed by atoms with van der Waals surface area (Å²) in [5, 5.41) is 0. The van der Waals surface area contributed by atoms with Crippen LogP contribution in [0.1, 0.15) is 16.9 Å². The number of hydrogen-bond donors (Lipinski definition) is 1. The van der Waals surface area contributed by atoms with Gasteiger partial charge in [-0.25, -0.2) is 0 Å². The van der Waals surface area contributed by atoms with Crippen LogP contribution in [0.3, 0.4) is 0 Å². The molecule has 0 aliphatic carbocycles. The molecule has 2 N–H and O–H groups in total. The molecule has 0 aromatic carbocycles. The highest BCUT2D eigenvalue weighted by Crippen LogP contribution is 2.22. The largest absolute Gasteiger partial charge is 0.370 e. The van der Waals surface area contributed by atoms with Crippen molar-refractivity contribution in [2.24, 2.45) is 11.7 Å². The highest BCUT2D eigenvalue weighted by molar-refractivity contribution is 6.00. The standard InChI is InChI=1S/C9H10N2O2/c10-8(12)4-6-5-11-3-1-2-7(11)9(6)13/h1-3,6H,4-5H2,(H2,10,12). The quantitative estimate of drug-likeness (QED) is 0.701. The van der Waals surface area contributed by atoms with Crippen molar-refractivity contribution in [1.29, 1.82) is 0 Å². The Balaban J connectivity index is 2.19. The van der Waals surface area contributed by atoms with Gasteiger partial charge in [-0.2, -0.15) is 0 Å². The van der Waals surface area contributed by atoms with Crippen molar-refractivity contribution in [3.8, 4) is 0 Å². The number of primary amides is 1. The van der Waals surface area contributed by atoms with E-state index in [1.54, 1.807) is 6.07 Å². The molecule has 1 aromatic rings. The summed E-state index contributed by atoms with van der Waals surface area (Å²) in [7, 11) is 0. The lowest BCUT2D eigenvalue weighted by molar-refractivity contribution is -0.118. The van der Waals surface area contributed by atoms with Crippen LogP contribution < -0.4 is 5.73 Å². The molecule has 0 fully saturated rings. The second-order valence-corrected chi connectivity index (χ2v) is 3.28. The second-order valence-electron chi connectivity index (χ2n) is 3.28. The van der Waals surface area contributed by atoms with Crippen molar-refractivity contribution < 1.29 is 9.59 Å². The summed E-state index contributed by atoms with van der Waals surface area (Å²) in [5.74, 6) is -0.624. The molecule has 1 amide bonds. The predicted molar refractivity (Wildman–Crippen MR) is 46.1 cm³/mol. The van der Waals surface area contributed by atoms with Gasteiger partial charge in [-0.15, -0.1) is 0 Å². The Labute approximate surface area is 75.3 Å². The van der Waals surface area contributed by atoms with E-state index in [9.17, 15) is 9.59 Å². The van der Waals surface area contributed by atoms with E-state index in [1.165, 1.54) is 0 Å². The highest BCUT2D eigenvalue weighted by atomic mass is 16.1. The fraction of sp³-hybridized carbons (Fsp3) is 0.333. The first-order valence-corrected chi connectivity index (χ1v) is 4.16. The monoisotopic (exact) mass is 178 g/mol. The Morgan fingerprint density at radius 2 is 2.46 bits per heavy atom. The average molecular weight is 178 g/mol. The summed E-state index contributed by atoms with van der Waals surface area (Å²) in [4.78, 5) is 22.2. The highest BCUT2D eigenvalue weighted by Gasteiger charge is 2.30. The van der Waals surface area contributed by atoms with Crippen molar-refractivity contribution in [1.82, 2.24) is 4.57 Å². The maximum Gasteiger partial charge on any atom is 0.218 e. The molecule has 4 nitrogen and oxygen atoms in total. The van der Waals surface area contributed by atoms with Crippen LogP contribution in [0.4, 0.5) is 0 Å². The van der Waals surface area contributed by atoms with E-state index >= 15 is 0 Å². The summed E-state index contributed by atoms with van der Waals surface area (Å²) >= 11 is 0. The van der Waals surface area contributed by atoms with Gasteiger partial charge >= 0.3 is 0 Å². The molecule has 2 heterocycles. The molecule has 4 heteroatoms. The Hall–Kier alpha value is -1.58. The lowest BCUT2D eigenvalue weighted by Crippen LogP contribution is -2.20. The van der Waals surface area contributed by atoms with Gasteiger partial charge in [0, 0.05) is 19.2 Å². The van der Waals surface area contributed by atoms with Gasteiger partial charge in [-0.05, 0) is 12.1 Å².